The Kier molecular flexibility index (Phi) is 8.61. The molecule has 0 fully saturated rings. The van der Waals surface area contributed by atoms with Crippen LogP contribution in [-0.4, -0.2) is 52.0 Å². The van der Waals surface area contributed by atoms with Gasteiger partial charge in [-0.3, -0.25) is 4.79 Å². The lowest BCUT2D eigenvalue weighted by molar-refractivity contribution is 0.0948. The van der Waals surface area contributed by atoms with Gasteiger partial charge in [0.1, 0.15) is 17.3 Å². The molecule has 0 radical (unpaired) electrons. The van der Waals surface area contributed by atoms with Crippen LogP contribution in [0.4, 0.5) is 4.39 Å². The van der Waals surface area contributed by atoms with Crippen LogP contribution < -0.4 is 14.8 Å². The maximum absolute atomic E-state index is 12.9. The number of halogens is 1. The van der Waals surface area contributed by atoms with Gasteiger partial charge in [-0.1, -0.05) is 13.8 Å². The van der Waals surface area contributed by atoms with Crippen LogP contribution in [0.15, 0.2) is 47.4 Å². The Balaban J connectivity index is 2.01. The van der Waals surface area contributed by atoms with Crippen molar-refractivity contribution in [3.63, 3.8) is 0 Å². The predicted octanol–water partition coefficient (Wildman–Crippen LogP) is 3.06. The van der Waals surface area contributed by atoms with Gasteiger partial charge in [-0.2, -0.15) is 4.31 Å². The fraction of sp³-hybridized carbons (Fsp3) is 0.381. The molecule has 0 aliphatic rings. The van der Waals surface area contributed by atoms with Gasteiger partial charge in [-0.25, -0.2) is 12.8 Å². The van der Waals surface area contributed by atoms with Crippen molar-refractivity contribution in [1.29, 1.82) is 0 Å². The van der Waals surface area contributed by atoms with Crippen LogP contribution >= 0.6 is 0 Å². The zero-order chi connectivity index (χ0) is 22.1. The molecule has 1 N–H and O–H groups in total. The summed E-state index contributed by atoms with van der Waals surface area (Å²) in [4.78, 5) is 12.6. The van der Waals surface area contributed by atoms with Gasteiger partial charge in [-0.05, 0) is 48.9 Å². The second-order valence-corrected chi connectivity index (χ2v) is 8.30. The summed E-state index contributed by atoms with van der Waals surface area (Å²) in [6, 6.07) is 9.91. The monoisotopic (exact) mass is 438 g/mol. The first-order valence-electron chi connectivity index (χ1n) is 9.68. The number of nitrogens with zero attached hydrogens (tertiary/aromatic N) is 1. The molecule has 7 nitrogen and oxygen atoms in total. The lowest BCUT2D eigenvalue weighted by atomic mass is 10.2. The predicted molar refractivity (Wildman–Crippen MR) is 112 cm³/mol. The van der Waals surface area contributed by atoms with Crippen molar-refractivity contribution < 1.29 is 27.1 Å². The summed E-state index contributed by atoms with van der Waals surface area (Å²) in [5.74, 6) is 0.0475. The fourth-order valence-electron chi connectivity index (χ4n) is 2.83. The summed E-state index contributed by atoms with van der Waals surface area (Å²) in [5.41, 5.74) is 0.144. The number of nitrogens with one attached hydrogen (secondary N) is 1. The lowest BCUT2D eigenvalue weighted by Gasteiger charge is -2.19. The quantitative estimate of drug-likeness (QED) is 0.545. The van der Waals surface area contributed by atoms with Gasteiger partial charge in [0.25, 0.3) is 5.91 Å². The molecule has 164 valence electrons. The molecule has 30 heavy (non-hydrogen) atoms. The van der Waals surface area contributed by atoms with E-state index < -0.39 is 15.9 Å². The second-order valence-electron chi connectivity index (χ2n) is 6.36. The molecule has 0 bridgehead atoms. The highest BCUT2D eigenvalue weighted by molar-refractivity contribution is 7.89. The third-order valence-electron chi connectivity index (χ3n) is 4.45. The molecule has 0 atom stereocenters. The molecule has 2 aromatic rings. The highest BCUT2D eigenvalue weighted by atomic mass is 32.2. The van der Waals surface area contributed by atoms with Crippen molar-refractivity contribution in [3.8, 4) is 11.5 Å². The minimum Gasteiger partial charge on any atom is -0.496 e. The SMILES string of the molecule is CCN(CC)S(=O)(=O)c1ccc(OC)c(C(=O)NCCCOc2ccc(F)cc2)c1. The second kappa shape index (κ2) is 10.9. The minimum absolute atomic E-state index is 0.0387. The fourth-order valence-corrected chi connectivity index (χ4v) is 4.31. The lowest BCUT2D eigenvalue weighted by Crippen LogP contribution is -2.31. The smallest absolute Gasteiger partial charge is 0.255 e. The first-order valence-corrected chi connectivity index (χ1v) is 11.1. The zero-order valence-corrected chi connectivity index (χ0v) is 18.2. The van der Waals surface area contributed by atoms with E-state index in [0.717, 1.165) is 0 Å². The summed E-state index contributed by atoms with van der Waals surface area (Å²) >= 11 is 0. The summed E-state index contributed by atoms with van der Waals surface area (Å²) in [5, 5.41) is 2.74. The molecular weight excluding hydrogens is 411 g/mol. The number of sulfonamides is 1. The highest BCUT2D eigenvalue weighted by Gasteiger charge is 2.24. The van der Waals surface area contributed by atoms with Crippen molar-refractivity contribution in [3.05, 3.63) is 53.8 Å². The third kappa shape index (κ3) is 5.93. The first kappa shape index (κ1) is 23.6. The Hall–Kier alpha value is -2.65. The third-order valence-corrected chi connectivity index (χ3v) is 6.49. The number of carbonyl (C=O) groups is 1. The van der Waals surface area contributed by atoms with Crippen LogP contribution in [0.2, 0.25) is 0 Å². The van der Waals surface area contributed by atoms with Crippen molar-refractivity contribution in [2.45, 2.75) is 25.2 Å². The number of hydrogen-bond acceptors (Lipinski definition) is 5. The van der Waals surface area contributed by atoms with Crippen LogP contribution in [0.1, 0.15) is 30.6 Å². The highest BCUT2D eigenvalue weighted by Crippen LogP contribution is 2.24. The van der Waals surface area contributed by atoms with Crippen molar-refractivity contribution in [1.82, 2.24) is 9.62 Å². The number of methoxy groups -OCH3 is 1. The van der Waals surface area contributed by atoms with Gasteiger partial charge < -0.3 is 14.8 Å². The Morgan fingerprint density at radius 1 is 1.10 bits per heavy atom. The Labute approximate surface area is 176 Å². The molecule has 0 unspecified atom stereocenters. The summed E-state index contributed by atoms with van der Waals surface area (Å²) in [7, 11) is -2.28. The van der Waals surface area contributed by atoms with E-state index in [1.54, 1.807) is 13.8 Å². The van der Waals surface area contributed by atoms with E-state index in [1.807, 2.05) is 0 Å². The first-order chi connectivity index (χ1) is 14.3. The Morgan fingerprint density at radius 3 is 2.37 bits per heavy atom. The van der Waals surface area contributed by atoms with Gasteiger partial charge in [0.05, 0.1) is 24.2 Å². The average Bonchev–Trinajstić information content (AvgIpc) is 2.74. The van der Waals surface area contributed by atoms with Gasteiger partial charge >= 0.3 is 0 Å². The van der Waals surface area contributed by atoms with Gasteiger partial charge in [-0.15, -0.1) is 0 Å². The minimum atomic E-state index is -3.69. The van der Waals surface area contributed by atoms with Gasteiger partial charge in [0.2, 0.25) is 10.0 Å². The maximum Gasteiger partial charge on any atom is 0.255 e. The average molecular weight is 439 g/mol. The van der Waals surface area contributed by atoms with E-state index in [4.69, 9.17) is 9.47 Å². The summed E-state index contributed by atoms with van der Waals surface area (Å²) in [6.07, 6.45) is 0.517. The largest absolute Gasteiger partial charge is 0.496 e. The number of amides is 1. The van der Waals surface area contributed by atoms with Gasteiger partial charge in [0, 0.05) is 19.6 Å². The molecule has 0 saturated carbocycles. The molecule has 0 spiro atoms. The number of carbonyl (C=O) groups excluding carboxylic acids is 1. The normalized spacial score (nSPS) is 11.4. The van der Waals surface area contributed by atoms with Gasteiger partial charge in [0.15, 0.2) is 0 Å². The number of rotatable bonds is 11. The van der Waals surface area contributed by atoms with E-state index in [9.17, 15) is 17.6 Å². The molecular formula is C21H27FN2O5S. The van der Waals surface area contributed by atoms with Crippen LogP contribution in [-0.2, 0) is 10.0 Å². The maximum atomic E-state index is 12.9. The molecule has 2 rings (SSSR count). The molecule has 9 heteroatoms. The van der Waals surface area contributed by atoms with Crippen LogP contribution in [0.3, 0.4) is 0 Å². The number of ether oxygens (including phenoxy) is 2. The number of hydrogen-bond donors (Lipinski definition) is 1. The topological polar surface area (TPSA) is 84.9 Å². The molecule has 0 heterocycles. The molecule has 1 amide bonds. The molecule has 0 aliphatic carbocycles. The van der Waals surface area contributed by atoms with Crippen LogP contribution in [0, 0.1) is 5.82 Å². The number of benzene rings is 2. The van der Waals surface area contributed by atoms with Crippen molar-refractivity contribution in [2.24, 2.45) is 0 Å². The Bertz CT molecular complexity index is 944. The van der Waals surface area contributed by atoms with Crippen LogP contribution in [0.25, 0.3) is 0 Å². The Morgan fingerprint density at radius 2 is 1.77 bits per heavy atom. The van der Waals surface area contributed by atoms with Crippen molar-refractivity contribution in [2.75, 3.05) is 33.4 Å². The van der Waals surface area contributed by atoms with E-state index in [0.29, 0.717) is 38.4 Å². The summed E-state index contributed by atoms with van der Waals surface area (Å²) in [6.45, 7) is 4.83. The zero-order valence-electron chi connectivity index (χ0n) is 17.4. The van der Waals surface area contributed by atoms with E-state index in [2.05, 4.69) is 5.32 Å². The molecule has 0 saturated heterocycles. The van der Waals surface area contributed by atoms with E-state index in [1.165, 1.54) is 53.9 Å². The van der Waals surface area contributed by atoms with Crippen molar-refractivity contribution >= 4 is 15.9 Å². The molecule has 0 aromatic heterocycles. The van der Waals surface area contributed by atoms with E-state index in [-0.39, 0.29) is 22.0 Å². The molecule has 0 aliphatic heterocycles. The van der Waals surface area contributed by atoms with Crippen LogP contribution in [0.5, 0.6) is 11.5 Å². The molecule has 2 aromatic carbocycles. The summed E-state index contributed by atoms with van der Waals surface area (Å²) < 4.78 is 50.4. The standard InChI is InChI=1S/C21H27FN2O5S/c1-4-24(5-2)30(26,27)18-11-12-20(28-3)19(15-18)21(25)23-13-6-14-29-17-9-7-16(22)8-10-17/h7-12,15H,4-6,13-14H2,1-3H3,(H,23,25). The van der Waals surface area contributed by atoms with E-state index >= 15 is 0 Å².